The van der Waals surface area contributed by atoms with Crippen LogP contribution in [0, 0.1) is 0 Å². The average Bonchev–Trinajstić information content (AvgIpc) is 3.20. The van der Waals surface area contributed by atoms with Crippen molar-refractivity contribution < 1.29 is 18.1 Å². The SMILES string of the molecule is CC1(C)OB(C2CC2)OC1(C)C.FC(F)c1ccccc1. The Morgan fingerprint density at radius 2 is 1.48 bits per heavy atom. The van der Waals surface area contributed by atoms with Gasteiger partial charge in [-0.15, -0.1) is 0 Å². The Hall–Kier alpha value is -0.935. The van der Waals surface area contributed by atoms with E-state index >= 15 is 0 Å². The third-order valence-electron chi connectivity index (χ3n) is 4.33. The number of halogens is 2. The summed E-state index contributed by atoms with van der Waals surface area (Å²) in [6.45, 7) is 8.43. The van der Waals surface area contributed by atoms with Gasteiger partial charge >= 0.3 is 7.12 Å². The Morgan fingerprint density at radius 1 is 1.00 bits per heavy atom. The largest absolute Gasteiger partial charge is 0.461 e. The van der Waals surface area contributed by atoms with Crippen molar-refractivity contribution in [2.75, 3.05) is 0 Å². The van der Waals surface area contributed by atoms with Crippen LogP contribution in [0.5, 0.6) is 0 Å². The summed E-state index contributed by atoms with van der Waals surface area (Å²) < 4.78 is 35.3. The Morgan fingerprint density at radius 3 is 1.81 bits per heavy atom. The predicted octanol–water partition coefficient (Wildman–Crippen LogP) is 4.87. The van der Waals surface area contributed by atoms with Crippen LogP contribution in [-0.4, -0.2) is 18.3 Å². The molecule has 1 aliphatic carbocycles. The van der Waals surface area contributed by atoms with E-state index in [1.165, 1.54) is 25.0 Å². The van der Waals surface area contributed by atoms with Crippen molar-refractivity contribution in [1.29, 1.82) is 0 Å². The zero-order valence-electron chi connectivity index (χ0n) is 13.1. The first-order chi connectivity index (χ1) is 9.73. The van der Waals surface area contributed by atoms with Crippen molar-refractivity contribution in [2.45, 2.75) is 64.0 Å². The van der Waals surface area contributed by atoms with Gasteiger partial charge in [-0.05, 0) is 33.5 Å². The Bertz CT molecular complexity index is 443. The van der Waals surface area contributed by atoms with Crippen molar-refractivity contribution in [1.82, 2.24) is 0 Å². The van der Waals surface area contributed by atoms with Crippen LogP contribution in [0.3, 0.4) is 0 Å². The maximum absolute atomic E-state index is 11.8. The summed E-state index contributed by atoms with van der Waals surface area (Å²) in [6, 6.07) is 7.73. The number of alkyl halides is 2. The molecule has 0 unspecified atom stereocenters. The molecule has 1 saturated carbocycles. The lowest BCUT2D eigenvalue weighted by atomic mass is 9.82. The fourth-order valence-electron chi connectivity index (χ4n) is 2.05. The normalized spacial score (nSPS) is 22.9. The summed E-state index contributed by atoms with van der Waals surface area (Å²) in [6.07, 6.45) is 0.208. The molecule has 5 heteroatoms. The molecule has 1 heterocycles. The fourth-order valence-corrected chi connectivity index (χ4v) is 2.05. The van der Waals surface area contributed by atoms with Crippen molar-refractivity contribution in [3.05, 3.63) is 35.9 Å². The van der Waals surface area contributed by atoms with Crippen LogP contribution in [0.15, 0.2) is 30.3 Å². The molecule has 1 aromatic rings. The number of hydrogen-bond donors (Lipinski definition) is 0. The van der Waals surface area contributed by atoms with Crippen molar-refractivity contribution >= 4 is 7.12 Å². The lowest BCUT2D eigenvalue weighted by molar-refractivity contribution is 0.00578. The van der Waals surface area contributed by atoms with Gasteiger partial charge in [-0.3, -0.25) is 0 Å². The molecular formula is C16H23BF2O2. The number of rotatable bonds is 2. The molecule has 2 fully saturated rings. The lowest BCUT2D eigenvalue weighted by Crippen LogP contribution is -2.41. The highest BCUT2D eigenvalue weighted by Crippen LogP contribution is 2.48. The minimum absolute atomic E-state index is 0.0648. The highest BCUT2D eigenvalue weighted by atomic mass is 19.3. The molecule has 2 nitrogen and oxygen atoms in total. The first-order valence-corrected chi connectivity index (χ1v) is 7.42. The van der Waals surface area contributed by atoms with Gasteiger partial charge in [-0.1, -0.05) is 43.2 Å². The van der Waals surface area contributed by atoms with Crippen LogP contribution < -0.4 is 0 Å². The molecular weight excluding hydrogens is 273 g/mol. The van der Waals surface area contributed by atoms with Gasteiger partial charge in [0, 0.05) is 5.56 Å². The van der Waals surface area contributed by atoms with Crippen LogP contribution in [0.4, 0.5) is 8.78 Å². The highest BCUT2D eigenvalue weighted by Gasteiger charge is 2.55. The van der Waals surface area contributed by atoms with Gasteiger partial charge in [-0.25, -0.2) is 8.78 Å². The Balaban J connectivity index is 0.000000161. The van der Waals surface area contributed by atoms with E-state index in [2.05, 4.69) is 27.7 Å². The van der Waals surface area contributed by atoms with Gasteiger partial charge in [-0.2, -0.15) is 0 Å². The highest BCUT2D eigenvalue weighted by molar-refractivity contribution is 6.48. The van der Waals surface area contributed by atoms with Gasteiger partial charge in [0.15, 0.2) is 0 Å². The molecule has 1 saturated heterocycles. The Kier molecular flexibility index (Phi) is 4.74. The third-order valence-corrected chi connectivity index (χ3v) is 4.33. The maximum atomic E-state index is 11.8. The second kappa shape index (κ2) is 6.05. The van der Waals surface area contributed by atoms with E-state index in [9.17, 15) is 8.78 Å². The third kappa shape index (κ3) is 4.04. The van der Waals surface area contributed by atoms with Gasteiger partial charge in [0.25, 0.3) is 6.43 Å². The monoisotopic (exact) mass is 296 g/mol. The molecule has 2 aliphatic rings. The van der Waals surface area contributed by atoms with E-state index in [1.807, 2.05) is 0 Å². The van der Waals surface area contributed by atoms with Crippen LogP contribution >= 0.6 is 0 Å². The first-order valence-electron chi connectivity index (χ1n) is 7.42. The molecule has 0 atom stereocenters. The molecule has 0 N–H and O–H groups in total. The molecule has 21 heavy (non-hydrogen) atoms. The van der Waals surface area contributed by atoms with Gasteiger partial charge in [0.1, 0.15) is 0 Å². The zero-order chi connectivity index (χ0) is 15.7. The summed E-state index contributed by atoms with van der Waals surface area (Å²) in [5.41, 5.74) is -0.196. The Labute approximate surface area is 126 Å². The van der Waals surface area contributed by atoms with E-state index in [4.69, 9.17) is 9.31 Å². The zero-order valence-corrected chi connectivity index (χ0v) is 13.1. The summed E-state index contributed by atoms with van der Waals surface area (Å²) in [5, 5.41) is 0. The summed E-state index contributed by atoms with van der Waals surface area (Å²) in [4.78, 5) is 0. The molecule has 0 bridgehead atoms. The fraction of sp³-hybridized carbons (Fsp3) is 0.625. The van der Waals surface area contributed by atoms with Crippen LogP contribution in [-0.2, 0) is 9.31 Å². The second-order valence-corrected chi connectivity index (χ2v) is 6.67. The van der Waals surface area contributed by atoms with E-state index in [0.717, 1.165) is 0 Å². The molecule has 0 spiro atoms. The smallest absolute Gasteiger partial charge is 0.403 e. The summed E-state index contributed by atoms with van der Waals surface area (Å²) in [5.74, 6) is 0.672. The van der Waals surface area contributed by atoms with Crippen molar-refractivity contribution in [3.8, 4) is 0 Å². The first kappa shape index (κ1) is 16.4. The van der Waals surface area contributed by atoms with Crippen LogP contribution in [0.2, 0.25) is 5.82 Å². The second-order valence-electron chi connectivity index (χ2n) is 6.67. The molecule has 1 aromatic carbocycles. The molecule has 0 radical (unpaired) electrons. The minimum Gasteiger partial charge on any atom is -0.403 e. The molecule has 3 rings (SSSR count). The van der Waals surface area contributed by atoms with Gasteiger partial charge in [0.2, 0.25) is 0 Å². The molecule has 0 amide bonds. The van der Waals surface area contributed by atoms with E-state index in [0.29, 0.717) is 5.82 Å². The molecule has 116 valence electrons. The average molecular weight is 296 g/mol. The van der Waals surface area contributed by atoms with Gasteiger partial charge in [0.05, 0.1) is 11.2 Å². The summed E-state index contributed by atoms with van der Waals surface area (Å²) >= 11 is 0. The summed E-state index contributed by atoms with van der Waals surface area (Å²) in [7, 11) is 0.0648. The van der Waals surface area contributed by atoms with Crippen LogP contribution in [0.1, 0.15) is 52.5 Å². The maximum Gasteiger partial charge on any atom is 0.461 e. The van der Waals surface area contributed by atoms with Crippen molar-refractivity contribution in [3.63, 3.8) is 0 Å². The number of benzene rings is 1. The van der Waals surface area contributed by atoms with E-state index in [1.54, 1.807) is 18.2 Å². The lowest BCUT2D eigenvalue weighted by Gasteiger charge is -2.32. The predicted molar refractivity (Wildman–Crippen MR) is 80.5 cm³/mol. The van der Waals surface area contributed by atoms with E-state index in [-0.39, 0.29) is 23.9 Å². The minimum atomic E-state index is -2.34. The standard InChI is InChI=1S/C9H17BO2.C7H6F2/c1-8(2)9(3,4)12-10(11-8)7-5-6-7;8-7(9)6-4-2-1-3-5-6/h7H,5-6H2,1-4H3;1-5,7H. The van der Waals surface area contributed by atoms with Crippen LogP contribution in [0.25, 0.3) is 0 Å². The quantitative estimate of drug-likeness (QED) is 0.725. The number of hydrogen-bond acceptors (Lipinski definition) is 2. The van der Waals surface area contributed by atoms with E-state index < -0.39 is 6.43 Å². The van der Waals surface area contributed by atoms with Crippen molar-refractivity contribution in [2.24, 2.45) is 0 Å². The topological polar surface area (TPSA) is 18.5 Å². The molecule has 1 aliphatic heterocycles. The molecule has 0 aromatic heterocycles. The van der Waals surface area contributed by atoms with Gasteiger partial charge < -0.3 is 9.31 Å².